The minimum atomic E-state index is -4.65. The third-order valence-corrected chi connectivity index (χ3v) is 7.42. The summed E-state index contributed by atoms with van der Waals surface area (Å²) in [5, 5.41) is 0.395. The molecule has 5 nitrogen and oxygen atoms in total. The number of benzene rings is 1. The van der Waals surface area contributed by atoms with E-state index in [1.165, 1.54) is 12.7 Å². The molecule has 0 saturated heterocycles. The van der Waals surface area contributed by atoms with Crippen molar-refractivity contribution in [2.75, 3.05) is 19.9 Å². The molecule has 1 aromatic carbocycles. The summed E-state index contributed by atoms with van der Waals surface area (Å²) in [7, 11) is 0. The van der Waals surface area contributed by atoms with Crippen LogP contribution in [0.2, 0.25) is 5.02 Å². The Morgan fingerprint density at radius 1 is 1.14 bits per heavy atom. The second kappa shape index (κ2) is 10.2. The SMILES string of the molecule is Cc1cc(Cl)ccc1C1=C(OP(C)(=S)OCC(F)(F)F)C2(CCC(OCC(F)(F)F)CC2)OC1=O. The number of aryl methyl sites for hydroxylation is 1. The summed E-state index contributed by atoms with van der Waals surface area (Å²) >= 11 is 11.2. The predicted octanol–water partition coefficient (Wildman–Crippen LogP) is 6.71. The van der Waals surface area contributed by atoms with Crippen molar-refractivity contribution >= 4 is 41.4 Å². The van der Waals surface area contributed by atoms with E-state index in [1.807, 2.05) is 0 Å². The molecule has 1 saturated carbocycles. The Morgan fingerprint density at radius 3 is 2.29 bits per heavy atom. The largest absolute Gasteiger partial charge is 0.447 e. The second-order valence-electron chi connectivity index (χ2n) is 8.42. The summed E-state index contributed by atoms with van der Waals surface area (Å²) in [5.41, 5.74) is -0.489. The number of hydrogen-bond donors (Lipinski definition) is 0. The summed E-state index contributed by atoms with van der Waals surface area (Å²) in [6.45, 7) is -3.76. The van der Waals surface area contributed by atoms with Crippen molar-refractivity contribution in [3.63, 3.8) is 0 Å². The van der Waals surface area contributed by atoms with Crippen LogP contribution in [0.25, 0.3) is 5.57 Å². The molecule has 3 rings (SSSR count). The minimum absolute atomic E-state index is 0.0273. The molecule has 1 heterocycles. The highest BCUT2D eigenvalue weighted by molar-refractivity contribution is 8.09. The number of ether oxygens (including phenoxy) is 2. The molecule has 1 unspecified atom stereocenters. The van der Waals surface area contributed by atoms with Crippen LogP contribution >= 0.6 is 18.1 Å². The zero-order valence-corrected chi connectivity index (χ0v) is 21.1. The smallest absolute Gasteiger partial charge is 0.412 e. The van der Waals surface area contributed by atoms with Gasteiger partial charge in [-0.2, -0.15) is 26.3 Å². The summed E-state index contributed by atoms with van der Waals surface area (Å²) in [5.74, 6) is -0.860. The molecule has 1 aliphatic heterocycles. The van der Waals surface area contributed by atoms with Gasteiger partial charge in [0.2, 0.25) is 6.49 Å². The highest BCUT2D eigenvalue weighted by Gasteiger charge is 2.53. The van der Waals surface area contributed by atoms with Crippen molar-refractivity contribution in [3.8, 4) is 0 Å². The van der Waals surface area contributed by atoms with E-state index in [-0.39, 0.29) is 37.0 Å². The lowest BCUT2D eigenvalue weighted by Crippen LogP contribution is -2.40. The molecule has 1 aliphatic carbocycles. The molecule has 35 heavy (non-hydrogen) atoms. The maximum Gasteiger partial charge on any atom is 0.412 e. The zero-order valence-electron chi connectivity index (χ0n) is 18.6. The van der Waals surface area contributed by atoms with Crippen LogP contribution in [-0.2, 0) is 35.1 Å². The molecule has 1 aromatic rings. The number of carbonyl (C=O) groups is 1. The molecule has 1 spiro atoms. The summed E-state index contributed by atoms with van der Waals surface area (Å²) in [6, 6.07) is 4.66. The monoisotopic (exact) mass is 566 g/mol. The third-order valence-electron chi connectivity index (χ3n) is 5.53. The molecule has 0 aromatic heterocycles. The fourth-order valence-electron chi connectivity index (χ4n) is 4.01. The Morgan fingerprint density at radius 2 is 1.74 bits per heavy atom. The predicted molar refractivity (Wildman–Crippen MR) is 119 cm³/mol. The molecule has 1 fully saturated rings. The first kappa shape index (κ1) is 28.2. The van der Waals surface area contributed by atoms with Crippen LogP contribution in [0.1, 0.15) is 36.8 Å². The Bertz CT molecular complexity index is 1050. The molecular formula is C21H22ClF6O5PS. The van der Waals surface area contributed by atoms with E-state index in [1.54, 1.807) is 19.1 Å². The average Bonchev–Trinajstić information content (AvgIpc) is 2.96. The van der Waals surface area contributed by atoms with Crippen molar-refractivity contribution in [1.82, 2.24) is 0 Å². The Labute approximate surface area is 207 Å². The van der Waals surface area contributed by atoms with Crippen LogP contribution in [-0.4, -0.2) is 49.9 Å². The normalized spacial score (nSPS) is 25.1. The van der Waals surface area contributed by atoms with Gasteiger partial charge < -0.3 is 18.5 Å². The van der Waals surface area contributed by atoms with Gasteiger partial charge in [0.1, 0.15) is 12.2 Å². The molecule has 2 aliphatic rings. The lowest BCUT2D eigenvalue weighted by atomic mass is 9.81. The van der Waals surface area contributed by atoms with Crippen molar-refractivity contribution in [3.05, 3.63) is 40.1 Å². The number of hydrogen-bond acceptors (Lipinski definition) is 6. The maximum absolute atomic E-state index is 13.0. The van der Waals surface area contributed by atoms with E-state index in [4.69, 9.17) is 41.9 Å². The Hall–Kier alpha value is -1.33. The zero-order chi connectivity index (χ0) is 26.2. The topological polar surface area (TPSA) is 54.0 Å². The van der Waals surface area contributed by atoms with E-state index in [0.29, 0.717) is 16.1 Å². The summed E-state index contributed by atoms with van der Waals surface area (Å²) in [4.78, 5) is 13.0. The van der Waals surface area contributed by atoms with Crippen molar-refractivity contribution in [2.24, 2.45) is 0 Å². The van der Waals surface area contributed by atoms with Crippen LogP contribution in [0.3, 0.4) is 0 Å². The summed E-state index contributed by atoms with van der Waals surface area (Å²) < 4.78 is 97.1. The number of esters is 1. The van der Waals surface area contributed by atoms with Gasteiger partial charge in [-0.15, -0.1) is 0 Å². The highest BCUT2D eigenvalue weighted by Crippen LogP contribution is 2.56. The van der Waals surface area contributed by atoms with E-state index < -0.39 is 49.7 Å². The Kier molecular flexibility index (Phi) is 8.23. The van der Waals surface area contributed by atoms with Crippen LogP contribution < -0.4 is 0 Å². The number of alkyl halides is 6. The maximum atomic E-state index is 13.0. The minimum Gasteiger partial charge on any atom is -0.447 e. The molecule has 0 amide bonds. The lowest BCUT2D eigenvalue weighted by molar-refractivity contribution is -0.192. The number of rotatable bonds is 7. The van der Waals surface area contributed by atoms with Crippen LogP contribution in [0.5, 0.6) is 0 Å². The first-order valence-corrected chi connectivity index (χ1v) is 13.9. The summed E-state index contributed by atoms with van der Waals surface area (Å²) in [6.07, 6.45) is -9.64. The van der Waals surface area contributed by atoms with Crippen molar-refractivity contribution in [2.45, 2.75) is 56.7 Å². The molecule has 196 valence electrons. The lowest BCUT2D eigenvalue weighted by Gasteiger charge is -2.38. The molecular weight excluding hydrogens is 545 g/mol. The number of carbonyl (C=O) groups excluding carboxylic acids is 1. The molecule has 0 radical (unpaired) electrons. The first-order chi connectivity index (χ1) is 16.0. The first-order valence-electron chi connectivity index (χ1n) is 10.4. The van der Waals surface area contributed by atoms with Crippen LogP contribution in [0, 0.1) is 6.92 Å². The average molecular weight is 567 g/mol. The van der Waals surface area contributed by atoms with Gasteiger partial charge in [-0.25, -0.2) is 4.79 Å². The van der Waals surface area contributed by atoms with Gasteiger partial charge in [-0.05, 0) is 67.7 Å². The van der Waals surface area contributed by atoms with E-state index in [0.717, 1.165) is 0 Å². The van der Waals surface area contributed by atoms with Crippen LogP contribution in [0.15, 0.2) is 24.0 Å². The van der Waals surface area contributed by atoms with E-state index in [2.05, 4.69) is 0 Å². The highest BCUT2D eigenvalue weighted by atomic mass is 35.5. The standard InChI is InChI=1S/C21H22ClF6O5PS/c1-12-9-13(22)3-4-15(12)16-17(33-34(2,35)31-11-21(26,27)28)19(32-18(16)29)7-5-14(6-8-19)30-10-20(23,24)25/h3-4,9,14H,5-8,10-11H2,1-2H3. The van der Waals surface area contributed by atoms with Gasteiger partial charge in [-0.3, -0.25) is 0 Å². The van der Waals surface area contributed by atoms with Gasteiger partial charge in [0, 0.05) is 11.7 Å². The fourth-order valence-corrected chi connectivity index (χ4v) is 5.64. The van der Waals surface area contributed by atoms with Gasteiger partial charge >= 0.3 is 18.3 Å². The molecule has 0 bridgehead atoms. The van der Waals surface area contributed by atoms with E-state index in [9.17, 15) is 31.1 Å². The fraction of sp³-hybridized carbons (Fsp3) is 0.571. The second-order valence-corrected chi connectivity index (χ2v) is 12.8. The number of halogens is 7. The Balaban J connectivity index is 1.96. The van der Waals surface area contributed by atoms with Crippen molar-refractivity contribution in [1.29, 1.82) is 0 Å². The van der Waals surface area contributed by atoms with Gasteiger partial charge in [0.25, 0.3) is 0 Å². The van der Waals surface area contributed by atoms with Gasteiger partial charge in [0.15, 0.2) is 18.0 Å². The molecule has 1 atom stereocenters. The third kappa shape index (κ3) is 7.35. The van der Waals surface area contributed by atoms with Crippen molar-refractivity contribution < 1.29 is 49.7 Å². The molecule has 0 N–H and O–H groups in total. The van der Waals surface area contributed by atoms with E-state index >= 15 is 0 Å². The van der Waals surface area contributed by atoms with Gasteiger partial charge in [0.05, 0.1) is 6.10 Å². The quantitative estimate of drug-likeness (QED) is 0.208. The van der Waals surface area contributed by atoms with Gasteiger partial charge in [-0.1, -0.05) is 17.7 Å². The molecule has 14 heteroatoms. The van der Waals surface area contributed by atoms with Crippen LogP contribution in [0.4, 0.5) is 26.3 Å².